The molecular weight excluding hydrogens is 128 g/mol. The lowest BCUT2D eigenvalue weighted by atomic mass is 10.7. The summed E-state index contributed by atoms with van der Waals surface area (Å²) in [6, 6.07) is 2.51. The van der Waals surface area contributed by atoms with Gasteiger partial charge < -0.3 is 0 Å². The molecule has 8 heavy (non-hydrogen) atoms. The SMILES string of the molecule is C=CC[SiH]([SiH2])CC=C. The van der Waals surface area contributed by atoms with Gasteiger partial charge in [-0.1, -0.05) is 12.2 Å². The van der Waals surface area contributed by atoms with Crippen LogP contribution in [0.4, 0.5) is 0 Å². The monoisotopic (exact) mass is 141 g/mol. The highest BCUT2D eigenvalue weighted by Crippen LogP contribution is 1.94. The van der Waals surface area contributed by atoms with Gasteiger partial charge in [0.05, 0.1) is 0 Å². The fourth-order valence-corrected chi connectivity index (χ4v) is 3.12. The largest absolute Gasteiger partial charge is 0.103 e. The molecule has 0 bridgehead atoms. The van der Waals surface area contributed by atoms with Gasteiger partial charge in [-0.3, -0.25) is 0 Å². The Morgan fingerprint density at radius 3 is 1.88 bits per heavy atom. The summed E-state index contributed by atoms with van der Waals surface area (Å²) >= 11 is 0. The molecule has 0 N–H and O–H groups in total. The standard InChI is InChI=1S/C6H13Si2/c1-3-5-8(7)6-4-2/h3-4,8H,1-2,5-7H2. The lowest BCUT2D eigenvalue weighted by Crippen LogP contribution is -2.08. The second-order valence-corrected chi connectivity index (χ2v) is 8.05. The summed E-state index contributed by atoms with van der Waals surface area (Å²) in [5.41, 5.74) is 0. The minimum Gasteiger partial charge on any atom is -0.103 e. The van der Waals surface area contributed by atoms with Crippen LogP contribution in [0.2, 0.25) is 12.1 Å². The first-order valence-corrected chi connectivity index (χ1v) is 7.76. The predicted molar refractivity (Wildman–Crippen MR) is 45.7 cm³/mol. The van der Waals surface area contributed by atoms with Crippen molar-refractivity contribution >= 4 is 18.1 Å². The Hall–Kier alpha value is -0.0862. The zero-order valence-electron chi connectivity index (χ0n) is 5.27. The quantitative estimate of drug-likeness (QED) is 0.400. The van der Waals surface area contributed by atoms with Crippen molar-refractivity contribution in [3.8, 4) is 0 Å². The van der Waals surface area contributed by atoms with E-state index in [0.717, 1.165) is 0 Å². The first-order valence-electron chi connectivity index (χ1n) is 2.86. The van der Waals surface area contributed by atoms with E-state index < -0.39 is 8.31 Å². The average molecular weight is 141 g/mol. The van der Waals surface area contributed by atoms with Crippen LogP contribution in [0.15, 0.2) is 25.3 Å². The zero-order valence-corrected chi connectivity index (χ0v) is 7.84. The maximum absolute atomic E-state index is 3.69. The van der Waals surface area contributed by atoms with Crippen LogP contribution >= 0.6 is 0 Å². The van der Waals surface area contributed by atoms with E-state index in [0.29, 0.717) is 0 Å². The van der Waals surface area contributed by atoms with E-state index in [-0.39, 0.29) is 0 Å². The average Bonchev–Trinajstić information content (AvgIpc) is 1.68. The molecule has 0 nitrogen and oxygen atoms in total. The number of hydrogen-bond donors (Lipinski definition) is 0. The van der Waals surface area contributed by atoms with Gasteiger partial charge in [-0.15, -0.1) is 13.2 Å². The van der Waals surface area contributed by atoms with E-state index in [2.05, 4.69) is 22.9 Å². The van der Waals surface area contributed by atoms with E-state index >= 15 is 0 Å². The van der Waals surface area contributed by atoms with Gasteiger partial charge in [-0.2, -0.15) is 0 Å². The van der Waals surface area contributed by atoms with Gasteiger partial charge in [-0.05, 0) is 21.8 Å². The Morgan fingerprint density at radius 2 is 1.62 bits per heavy atom. The van der Waals surface area contributed by atoms with Crippen molar-refractivity contribution in [3.05, 3.63) is 25.3 Å². The third-order valence-electron chi connectivity index (χ3n) is 1.00. The molecule has 0 aliphatic rings. The molecule has 45 valence electrons. The molecule has 0 rings (SSSR count). The molecule has 0 aromatic carbocycles. The highest BCUT2D eigenvalue weighted by molar-refractivity contribution is 7.03. The fourth-order valence-electron chi connectivity index (χ4n) is 0.568. The van der Waals surface area contributed by atoms with E-state index in [9.17, 15) is 0 Å². The summed E-state index contributed by atoms with van der Waals surface area (Å²) in [5, 5.41) is 0. The maximum atomic E-state index is 3.69. The van der Waals surface area contributed by atoms with Crippen molar-refractivity contribution in [2.45, 2.75) is 12.1 Å². The second kappa shape index (κ2) is 5.06. The zero-order chi connectivity index (χ0) is 6.41. The molecule has 2 heteroatoms. The molecule has 0 saturated carbocycles. The van der Waals surface area contributed by atoms with Crippen molar-refractivity contribution in [3.63, 3.8) is 0 Å². The van der Waals surface area contributed by atoms with Gasteiger partial charge in [-0.25, -0.2) is 0 Å². The molecule has 0 unspecified atom stereocenters. The Labute approximate surface area is 56.1 Å². The van der Waals surface area contributed by atoms with Crippen molar-refractivity contribution in [2.75, 3.05) is 0 Å². The molecule has 0 fully saturated rings. The van der Waals surface area contributed by atoms with Gasteiger partial charge in [0.25, 0.3) is 0 Å². The first-order chi connectivity index (χ1) is 3.81. The fraction of sp³-hybridized carbons (Fsp3) is 0.333. The molecule has 0 atom stereocenters. The molecule has 0 saturated heterocycles. The van der Waals surface area contributed by atoms with E-state index in [1.807, 2.05) is 12.2 Å². The van der Waals surface area contributed by atoms with Crippen molar-refractivity contribution in [2.24, 2.45) is 0 Å². The van der Waals surface area contributed by atoms with Crippen molar-refractivity contribution in [1.82, 2.24) is 0 Å². The summed E-state index contributed by atoms with van der Waals surface area (Å²) in [5.74, 6) is 0. The number of hydrogen-bond acceptors (Lipinski definition) is 0. The summed E-state index contributed by atoms with van der Waals surface area (Å²) in [6.07, 6.45) is 4.04. The summed E-state index contributed by atoms with van der Waals surface area (Å²) in [4.78, 5) is 0. The lowest BCUT2D eigenvalue weighted by molar-refractivity contribution is 1.59. The molecular formula is C6H13Si2. The molecule has 1 radical (unpaired) electrons. The molecule has 0 amide bonds. The maximum Gasteiger partial charge on any atom is 0.0287 e. The van der Waals surface area contributed by atoms with Crippen LogP contribution < -0.4 is 0 Å². The third-order valence-corrected chi connectivity index (χ3v) is 5.00. The van der Waals surface area contributed by atoms with Gasteiger partial charge in [0.15, 0.2) is 0 Å². The summed E-state index contributed by atoms with van der Waals surface area (Å²) < 4.78 is 0. The minimum atomic E-state index is -0.410. The lowest BCUT2D eigenvalue weighted by Gasteiger charge is -1.98. The van der Waals surface area contributed by atoms with Crippen LogP contribution in [0.25, 0.3) is 0 Å². The Kier molecular flexibility index (Phi) is 5.00. The Bertz CT molecular complexity index is 68.6. The first kappa shape index (κ1) is 7.91. The summed E-state index contributed by atoms with van der Waals surface area (Å²) in [7, 11) is 1.74. The van der Waals surface area contributed by atoms with Crippen LogP contribution in [0.5, 0.6) is 0 Å². The Balaban J connectivity index is 3.16. The molecule has 0 spiro atoms. The smallest absolute Gasteiger partial charge is 0.0287 e. The van der Waals surface area contributed by atoms with Crippen LogP contribution in [0.1, 0.15) is 0 Å². The van der Waals surface area contributed by atoms with E-state index in [1.54, 1.807) is 0 Å². The van der Waals surface area contributed by atoms with Crippen LogP contribution in [0.3, 0.4) is 0 Å². The van der Waals surface area contributed by atoms with Gasteiger partial charge in [0.1, 0.15) is 0 Å². The molecule has 0 aliphatic carbocycles. The Morgan fingerprint density at radius 1 is 1.25 bits per heavy atom. The second-order valence-electron chi connectivity index (χ2n) is 1.91. The molecule has 0 aromatic rings. The minimum absolute atomic E-state index is 0.410. The van der Waals surface area contributed by atoms with Gasteiger partial charge in [0, 0.05) is 8.31 Å². The molecule has 0 heterocycles. The van der Waals surface area contributed by atoms with E-state index in [4.69, 9.17) is 0 Å². The van der Waals surface area contributed by atoms with Crippen LogP contribution in [0, 0.1) is 0 Å². The third kappa shape index (κ3) is 4.08. The number of allylic oxidation sites excluding steroid dienone is 2. The highest BCUT2D eigenvalue weighted by atomic mass is 29.1. The molecule has 0 aliphatic heterocycles. The normalized spacial score (nSPS) is 9.25. The van der Waals surface area contributed by atoms with E-state index in [1.165, 1.54) is 12.1 Å². The molecule has 0 aromatic heterocycles. The summed E-state index contributed by atoms with van der Waals surface area (Å²) in [6.45, 7) is 7.38. The van der Waals surface area contributed by atoms with Crippen molar-refractivity contribution in [1.29, 1.82) is 0 Å². The highest BCUT2D eigenvalue weighted by Gasteiger charge is 1.95. The topological polar surface area (TPSA) is 0 Å². The van der Waals surface area contributed by atoms with Gasteiger partial charge in [0.2, 0.25) is 0 Å². The predicted octanol–water partition coefficient (Wildman–Crippen LogP) is 0.715. The van der Waals surface area contributed by atoms with Crippen LogP contribution in [-0.4, -0.2) is 18.1 Å². The number of rotatable bonds is 4. The van der Waals surface area contributed by atoms with Crippen LogP contribution in [-0.2, 0) is 0 Å². The van der Waals surface area contributed by atoms with Gasteiger partial charge >= 0.3 is 0 Å². The van der Waals surface area contributed by atoms with Crippen molar-refractivity contribution < 1.29 is 0 Å².